The Morgan fingerprint density at radius 2 is 2.00 bits per heavy atom. The molecule has 1 N–H and O–H groups in total. The Labute approximate surface area is 120 Å². The molecule has 1 heterocycles. The monoisotopic (exact) mass is 270 g/mol. The van der Waals surface area contributed by atoms with Crippen molar-refractivity contribution in [2.75, 3.05) is 46.4 Å². The van der Waals surface area contributed by atoms with Gasteiger partial charge in [-0.1, -0.05) is 34.6 Å². The molecule has 0 bridgehead atoms. The minimum atomic E-state index is 0.314. The maximum Gasteiger partial charge on any atom is 0.0547 e. The lowest BCUT2D eigenvalue weighted by atomic mass is 9.85. The summed E-state index contributed by atoms with van der Waals surface area (Å²) in [7, 11) is 2.24. The molecular weight excluding hydrogens is 236 g/mol. The van der Waals surface area contributed by atoms with Crippen LogP contribution >= 0.6 is 0 Å². The molecule has 3 heteroatoms. The standard InChI is InChI=1S/C16H34N2O/c1-14(2)9-17-10-16(7-8-19-13-16)12-18(6)11-15(3,4)5/h14,17H,7-13H2,1-6H3. The van der Waals surface area contributed by atoms with Crippen LogP contribution in [-0.4, -0.2) is 51.3 Å². The predicted octanol–water partition coefficient (Wildman–Crippen LogP) is 2.62. The van der Waals surface area contributed by atoms with Crippen molar-refractivity contribution in [2.24, 2.45) is 16.7 Å². The van der Waals surface area contributed by atoms with Crippen LogP contribution in [0, 0.1) is 16.7 Å². The number of hydrogen-bond acceptors (Lipinski definition) is 3. The molecule has 1 rings (SSSR count). The first-order chi connectivity index (χ1) is 8.72. The molecule has 0 saturated carbocycles. The lowest BCUT2D eigenvalue weighted by molar-refractivity contribution is 0.103. The van der Waals surface area contributed by atoms with E-state index >= 15 is 0 Å². The highest BCUT2D eigenvalue weighted by Gasteiger charge is 2.36. The van der Waals surface area contributed by atoms with Crippen molar-refractivity contribution < 1.29 is 4.74 Å². The zero-order chi connectivity index (χ0) is 14.5. The second-order valence-corrected chi connectivity index (χ2v) is 8.06. The van der Waals surface area contributed by atoms with Gasteiger partial charge in [-0.25, -0.2) is 0 Å². The minimum absolute atomic E-state index is 0.314. The summed E-state index contributed by atoms with van der Waals surface area (Å²) in [5.41, 5.74) is 0.676. The van der Waals surface area contributed by atoms with Crippen LogP contribution in [0.4, 0.5) is 0 Å². The van der Waals surface area contributed by atoms with E-state index in [1.165, 1.54) is 6.42 Å². The van der Waals surface area contributed by atoms with Crippen molar-refractivity contribution in [1.82, 2.24) is 10.2 Å². The highest BCUT2D eigenvalue weighted by atomic mass is 16.5. The number of ether oxygens (including phenoxy) is 1. The van der Waals surface area contributed by atoms with Crippen molar-refractivity contribution in [3.63, 3.8) is 0 Å². The van der Waals surface area contributed by atoms with Crippen LogP contribution in [-0.2, 0) is 4.74 Å². The van der Waals surface area contributed by atoms with E-state index in [1.54, 1.807) is 0 Å². The summed E-state index contributed by atoms with van der Waals surface area (Å²) in [5.74, 6) is 0.715. The van der Waals surface area contributed by atoms with Crippen LogP contribution < -0.4 is 5.32 Å². The molecule has 1 atom stereocenters. The molecule has 3 nitrogen and oxygen atoms in total. The molecular formula is C16H34N2O. The summed E-state index contributed by atoms with van der Waals surface area (Å²) >= 11 is 0. The van der Waals surface area contributed by atoms with Crippen molar-refractivity contribution in [3.8, 4) is 0 Å². The normalized spacial score (nSPS) is 24.6. The third-order valence-corrected chi connectivity index (χ3v) is 3.59. The largest absolute Gasteiger partial charge is 0.381 e. The Morgan fingerprint density at radius 1 is 1.32 bits per heavy atom. The summed E-state index contributed by atoms with van der Waals surface area (Å²) in [5, 5.41) is 3.63. The molecule has 114 valence electrons. The van der Waals surface area contributed by atoms with Gasteiger partial charge < -0.3 is 15.0 Å². The molecule has 1 fully saturated rings. The van der Waals surface area contributed by atoms with Gasteiger partial charge in [0.15, 0.2) is 0 Å². The summed E-state index contributed by atoms with van der Waals surface area (Å²) < 4.78 is 5.68. The fourth-order valence-electron chi connectivity index (χ4n) is 3.03. The lowest BCUT2D eigenvalue weighted by Crippen LogP contribution is -2.46. The second-order valence-electron chi connectivity index (χ2n) is 8.06. The topological polar surface area (TPSA) is 24.5 Å². The van der Waals surface area contributed by atoms with Gasteiger partial charge in [-0.05, 0) is 31.3 Å². The molecule has 19 heavy (non-hydrogen) atoms. The van der Waals surface area contributed by atoms with Gasteiger partial charge in [0.2, 0.25) is 0 Å². The van der Waals surface area contributed by atoms with Gasteiger partial charge in [-0.15, -0.1) is 0 Å². The molecule has 0 aromatic carbocycles. The minimum Gasteiger partial charge on any atom is -0.381 e. The highest BCUT2D eigenvalue weighted by molar-refractivity contribution is 4.88. The van der Waals surface area contributed by atoms with Gasteiger partial charge in [-0.2, -0.15) is 0 Å². The van der Waals surface area contributed by atoms with Crippen LogP contribution in [0.2, 0.25) is 0 Å². The zero-order valence-electron chi connectivity index (χ0n) is 13.9. The van der Waals surface area contributed by atoms with Gasteiger partial charge in [0.05, 0.1) is 6.61 Å². The van der Waals surface area contributed by atoms with Crippen LogP contribution in [0.15, 0.2) is 0 Å². The zero-order valence-corrected chi connectivity index (χ0v) is 13.9. The molecule has 1 saturated heterocycles. The summed E-state index contributed by atoms with van der Waals surface area (Å²) in [6.45, 7) is 17.7. The average Bonchev–Trinajstić information content (AvgIpc) is 2.62. The number of hydrogen-bond donors (Lipinski definition) is 1. The Balaban J connectivity index is 2.47. The van der Waals surface area contributed by atoms with Crippen molar-refractivity contribution in [3.05, 3.63) is 0 Å². The number of rotatable bonds is 7. The first-order valence-electron chi connectivity index (χ1n) is 7.69. The van der Waals surface area contributed by atoms with E-state index < -0.39 is 0 Å². The molecule has 1 aliphatic rings. The van der Waals surface area contributed by atoms with Gasteiger partial charge >= 0.3 is 0 Å². The molecule has 0 amide bonds. The molecule has 1 aliphatic heterocycles. The number of nitrogens with zero attached hydrogens (tertiary/aromatic N) is 1. The molecule has 0 radical (unpaired) electrons. The summed E-state index contributed by atoms with van der Waals surface area (Å²) in [6.07, 6.45) is 1.19. The summed E-state index contributed by atoms with van der Waals surface area (Å²) in [6, 6.07) is 0. The molecule has 0 aromatic rings. The van der Waals surface area contributed by atoms with Crippen LogP contribution in [0.5, 0.6) is 0 Å². The van der Waals surface area contributed by atoms with Crippen molar-refractivity contribution >= 4 is 0 Å². The van der Waals surface area contributed by atoms with E-state index in [2.05, 4.69) is 51.9 Å². The highest BCUT2D eigenvalue weighted by Crippen LogP contribution is 2.29. The predicted molar refractivity (Wildman–Crippen MR) is 82.5 cm³/mol. The van der Waals surface area contributed by atoms with E-state index in [9.17, 15) is 0 Å². The summed E-state index contributed by atoms with van der Waals surface area (Å²) in [4.78, 5) is 2.48. The third kappa shape index (κ3) is 6.73. The van der Waals surface area contributed by atoms with Crippen LogP contribution in [0.3, 0.4) is 0 Å². The van der Waals surface area contributed by atoms with Crippen molar-refractivity contribution in [2.45, 2.75) is 41.0 Å². The van der Waals surface area contributed by atoms with Gasteiger partial charge in [0.25, 0.3) is 0 Å². The smallest absolute Gasteiger partial charge is 0.0547 e. The third-order valence-electron chi connectivity index (χ3n) is 3.59. The lowest BCUT2D eigenvalue weighted by Gasteiger charge is -2.35. The molecule has 0 spiro atoms. The van der Waals surface area contributed by atoms with Gasteiger partial charge in [-0.3, -0.25) is 0 Å². The first-order valence-corrected chi connectivity index (χ1v) is 7.69. The quantitative estimate of drug-likeness (QED) is 0.769. The molecule has 0 aliphatic carbocycles. The van der Waals surface area contributed by atoms with Crippen LogP contribution in [0.1, 0.15) is 41.0 Å². The van der Waals surface area contributed by atoms with E-state index in [0.29, 0.717) is 16.7 Å². The van der Waals surface area contributed by atoms with Crippen molar-refractivity contribution in [1.29, 1.82) is 0 Å². The Bertz CT molecular complexity index is 252. The Morgan fingerprint density at radius 3 is 2.47 bits per heavy atom. The van der Waals surface area contributed by atoms with E-state index in [1.807, 2.05) is 0 Å². The maximum absolute atomic E-state index is 5.68. The maximum atomic E-state index is 5.68. The SMILES string of the molecule is CC(C)CNCC1(CN(C)CC(C)(C)C)CCOC1. The molecule has 1 unspecified atom stereocenters. The Hall–Kier alpha value is -0.120. The van der Waals surface area contributed by atoms with E-state index in [4.69, 9.17) is 4.74 Å². The first kappa shape index (κ1) is 16.9. The fraction of sp³-hybridized carbons (Fsp3) is 1.00. The van der Waals surface area contributed by atoms with Crippen LogP contribution in [0.25, 0.3) is 0 Å². The average molecular weight is 270 g/mol. The second kappa shape index (κ2) is 7.05. The number of nitrogens with one attached hydrogen (secondary N) is 1. The van der Waals surface area contributed by atoms with Gasteiger partial charge in [0.1, 0.15) is 0 Å². The van der Waals surface area contributed by atoms with E-state index in [-0.39, 0.29) is 0 Å². The fourth-order valence-corrected chi connectivity index (χ4v) is 3.03. The van der Waals surface area contributed by atoms with E-state index in [0.717, 1.165) is 39.4 Å². The van der Waals surface area contributed by atoms with Gasteiger partial charge in [0, 0.05) is 31.7 Å². The Kier molecular flexibility index (Phi) is 6.28. The molecule has 0 aromatic heterocycles.